The molecule has 1 aromatic heterocycles. The van der Waals surface area contributed by atoms with Crippen molar-refractivity contribution in [2.75, 3.05) is 0 Å². The second kappa shape index (κ2) is 5.05. The quantitative estimate of drug-likeness (QED) is 0.804. The van der Waals surface area contributed by atoms with Crippen molar-refractivity contribution in [1.82, 2.24) is 9.78 Å². The number of aromatic hydroxyl groups is 1. The van der Waals surface area contributed by atoms with E-state index >= 15 is 0 Å². The van der Waals surface area contributed by atoms with E-state index in [1.165, 1.54) is 0 Å². The standard InChI is InChI=1S/C17H20N2O/c1-12-6-7-15(20)14(10-12)16-13(11-19(5)18-16)8-9-17(2,3)4/h6-7,10-11,20H,1-5H3. The Labute approximate surface area is 120 Å². The number of benzene rings is 1. The van der Waals surface area contributed by atoms with Crippen LogP contribution in [0.25, 0.3) is 11.3 Å². The predicted molar refractivity (Wildman–Crippen MR) is 81.4 cm³/mol. The zero-order valence-corrected chi connectivity index (χ0v) is 12.7. The van der Waals surface area contributed by atoms with Crippen molar-refractivity contribution in [3.05, 3.63) is 35.5 Å². The first-order valence-electron chi connectivity index (χ1n) is 6.63. The topological polar surface area (TPSA) is 38.1 Å². The van der Waals surface area contributed by atoms with E-state index in [0.717, 1.165) is 22.4 Å². The Bertz CT molecular complexity index is 694. The van der Waals surface area contributed by atoms with Gasteiger partial charge in [-0.05, 0) is 39.8 Å². The van der Waals surface area contributed by atoms with Gasteiger partial charge in [-0.25, -0.2) is 0 Å². The molecule has 0 fully saturated rings. The van der Waals surface area contributed by atoms with Crippen molar-refractivity contribution < 1.29 is 5.11 Å². The lowest BCUT2D eigenvalue weighted by Crippen LogP contribution is -1.99. The summed E-state index contributed by atoms with van der Waals surface area (Å²) in [7, 11) is 1.86. The van der Waals surface area contributed by atoms with E-state index in [2.05, 4.69) is 37.7 Å². The van der Waals surface area contributed by atoms with Crippen molar-refractivity contribution in [2.24, 2.45) is 12.5 Å². The minimum atomic E-state index is -0.0677. The van der Waals surface area contributed by atoms with E-state index in [1.54, 1.807) is 10.7 Å². The van der Waals surface area contributed by atoms with Crippen LogP contribution in [-0.2, 0) is 7.05 Å². The maximum absolute atomic E-state index is 10.1. The maximum atomic E-state index is 10.1. The SMILES string of the molecule is Cc1ccc(O)c(-c2nn(C)cc2C#CC(C)(C)C)c1. The van der Waals surface area contributed by atoms with Crippen LogP contribution in [0.3, 0.4) is 0 Å². The van der Waals surface area contributed by atoms with Gasteiger partial charge in [-0.3, -0.25) is 4.68 Å². The molecule has 0 saturated carbocycles. The molecule has 0 unspecified atom stereocenters. The van der Waals surface area contributed by atoms with Gasteiger partial charge in [0.2, 0.25) is 0 Å². The highest BCUT2D eigenvalue weighted by atomic mass is 16.3. The van der Waals surface area contributed by atoms with Crippen LogP contribution >= 0.6 is 0 Å². The molecule has 0 saturated heterocycles. The average Bonchev–Trinajstić information content (AvgIpc) is 2.70. The van der Waals surface area contributed by atoms with Crippen molar-refractivity contribution in [3.8, 4) is 28.8 Å². The van der Waals surface area contributed by atoms with Gasteiger partial charge in [0.15, 0.2) is 0 Å². The smallest absolute Gasteiger partial charge is 0.125 e. The molecular formula is C17H20N2O. The van der Waals surface area contributed by atoms with E-state index in [4.69, 9.17) is 0 Å². The lowest BCUT2D eigenvalue weighted by Gasteiger charge is -2.07. The van der Waals surface area contributed by atoms with Crippen LogP contribution in [0.5, 0.6) is 5.75 Å². The van der Waals surface area contributed by atoms with Gasteiger partial charge >= 0.3 is 0 Å². The molecule has 0 spiro atoms. The molecule has 3 heteroatoms. The summed E-state index contributed by atoms with van der Waals surface area (Å²) in [6.07, 6.45) is 1.88. The highest BCUT2D eigenvalue weighted by Gasteiger charge is 2.13. The van der Waals surface area contributed by atoms with Crippen LogP contribution in [-0.4, -0.2) is 14.9 Å². The summed E-state index contributed by atoms with van der Waals surface area (Å²) in [6, 6.07) is 5.50. The first-order valence-corrected chi connectivity index (χ1v) is 6.63. The van der Waals surface area contributed by atoms with Crippen molar-refractivity contribution in [1.29, 1.82) is 0 Å². The molecular weight excluding hydrogens is 248 g/mol. The van der Waals surface area contributed by atoms with E-state index < -0.39 is 0 Å². The van der Waals surface area contributed by atoms with Gasteiger partial charge in [0.1, 0.15) is 11.4 Å². The molecule has 3 nitrogen and oxygen atoms in total. The van der Waals surface area contributed by atoms with Gasteiger partial charge in [-0.1, -0.05) is 23.5 Å². The Balaban J connectivity index is 2.57. The number of rotatable bonds is 1. The molecule has 0 bridgehead atoms. The van der Waals surface area contributed by atoms with Gasteiger partial charge in [0, 0.05) is 24.2 Å². The maximum Gasteiger partial charge on any atom is 0.125 e. The van der Waals surface area contributed by atoms with Crippen LogP contribution in [0.4, 0.5) is 0 Å². The number of aromatic nitrogens is 2. The van der Waals surface area contributed by atoms with Crippen molar-refractivity contribution in [2.45, 2.75) is 27.7 Å². The van der Waals surface area contributed by atoms with Gasteiger partial charge in [-0.2, -0.15) is 5.10 Å². The van der Waals surface area contributed by atoms with E-state index in [0.29, 0.717) is 0 Å². The summed E-state index contributed by atoms with van der Waals surface area (Å²) < 4.78 is 1.73. The molecule has 1 N–H and O–H groups in total. The molecule has 0 aliphatic heterocycles. The van der Waals surface area contributed by atoms with Gasteiger partial charge in [0.05, 0.1) is 5.56 Å². The first-order chi connectivity index (χ1) is 9.26. The summed E-state index contributed by atoms with van der Waals surface area (Å²) in [6.45, 7) is 8.20. The van der Waals surface area contributed by atoms with Crippen molar-refractivity contribution >= 4 is 0 Å². The van der Waals surface area contributed by atoms with Crippen LogP contribution in [0.1, 0.15) is 31.9 Å². The van der Waals surface area contributed by atoms with Gasteiger partial charge in [0.25, 0.3) is 0 Å². The fourth-order valence-corrected chi connectivity index (χ4v) is 1.87. The largest absolute Gasteiger partial charge is 0.507 e. The molecule has 0 aliphatic rings. The lowest BCUT2D eigenvalue weighted by molar-refractivity contribution is 0.477. The molecule has 1 aromatic carbocycles. The normalized spacial score (nSPS) is 11.1. The molecule has 0 aliphatic carbocycles. The second-order valence-electron chi connectivity index (χ2n) is 6.09. The Morgan fingerprint density at radius 2 is 1.95 bits per heavy atom. The summed E-state index contributed by atoms with van der Waals surface area (Å²) >= 11 is 0. The zero-order chi connectivity index (χ0) is 14.9. The number of aryl methyl sites for hydroxylation is 2. The number of phenolic OH excluding ortho intramolecular Hbond substituents is 1. The van der Waals surface area contributed by atoms with Crippen LogP contribution in [0.2, 0.25) is 0 Å². The third-order valence-corrected chi connectivity index (χ3v) is 2.81. The Morgan fingerprint density at radius 3 is 2.60 bits per heavy atom. The van der Waals surface area contributed by atoms with Gasteiger partial charge in [-0.15, -0.1) is 0 Å². The molecule has 1 heterocycles. The summed E-state index contributed by atoms with van der Waals surface area (Å²) in [5.41, 5.74) is 3.30. The number of nitrogens with zero attached hydrogens (tertiary/aromatic N) is 2. The molecule has 104 valence electrons. The third kappa shape index (κ3) is 3.21. The molecule has 0 atom stereocenters. The summed E-state index contributed by atoms with van der Waals surface area (Å²) in [5, 5.41) is 14.5. The Morgan fingerprint density at radius 1 is 1.25 bits per heavy atom. The molecule has 20 heavy (non-hydrogen) atoms. The summed E-state index contributed by atoms with van der Waals surface area (Å²) in [4.78, 5) is 0. The summed E-state index contributed by atoms with van der Waals surface area (Å²) in [5.74, 6) is 6.62. The predicted octanol–water partition coefficient (Wildman–Crippen LogP) is 3.50. The minimum absolute atomic E-state index is 0.0677. The first kappa shape index (κ1) is 14.2. The number of phenols is 1. The minimum Gasteiger partial charge on any atom is -0.507 e. The monoisotopic (exact) mass is 268 g/mol. The Hall–Kier alpha value is -2.21. The third-order valence-electron chi connectivity index (χ3n) is 2.81. The molecule has 2 aromatic rings. The van der Waals surface area contributed by atoms with E-state index in [9.17, 15) is 5.11 Å². The van der Waals surface area contributed by atoms with Crippen LogP contribution in [0, 0.1) is 24.2 Å². The average molecular weight is 268 g/mol. The second-order valence-corrected chi connectivity index (χ2v) is 6.09. The molecule has 0 amide bonds. The van der Waals surface area contributed by atoms with E-state index in [-0.39, 0.29) is 11.2 Å². The zero-order valence-electron chi connectivity index (χ0n) is 12.7. The van der Waals surface area contributed by atoms with Crippen LogP contribution < -0.4 is 0 Å². The van der Waals surface area contributed by atoms with Gasteiger partial charge < -0.3 is 5.11 Å². The highest BCUT2D eigenvalue weighted by molar-refractivity contribution is 5.73. The fourth-order valence-electron chi connectivity index (χ4n) is 1.87. The van der Waals surface area contributed by atoms with E-state index in [1.807, 2.05) is 32.3 Å². The molecule has 0 radical (unpaired) electrons. The fraction of sp³-hybridized carbons (Fsp3) is 0.353. The lowest BCUT2D eigenvalue weighted by atomic mass is 9.97. The Kier molecular flexibility index (Phi) is 3.59. The number of hydrogen-bond donors (Lipinski definition) is 1. The van der Waals surface area contributed by atoms with Crippen LogP contribution in [0.15, 0.2) is 24.4 Å². The highest BCUT2D eigenvalue weighted by Crippen LogP contribution is 2.31. The van der Waals surface area contributed by atoms with Crippen molar-refractivity contribution in [3.63, 3.8) is 0 Å². The number of hydrogen-bond acceptors (Lipinski definition) is 2. The molecule has 2 rings (SSSR count).